The number of anilines is 1. The number of para-hydroxylation sites is 2. The van der Waals surface area contributed by atoms with Gasteiger partial charge in [-0.1, -0.05) is 41.4 Å². The van der Waals surface area contributed by atoms with Crippen molar-refractivity contribution < 1.29 is 18.7 Å². The van der Waals surface area contributed by atoms with Gasteiger partial charge in [0.1, 0.15) is 23.0 Å². The molecule has 1 aliphatic heterocycles. The van der Waals surface area contributed by atoms with Crippen LogP contribution in [0, 0.1) is 6.92 Å². The number of likely N-dealkylation sites (tertiary alicyclic amines) is 1. The molecule has 1 unspecified atom stereocenters. The van der Waals surface area contributed by atoms with Crippen LogP contribution in [-0.2, 0) is 6.54 Å². The zero-order valence-corrected chi connectivity index (χ0v) is 29.9. The largest absolute Gasteiger partial charge is 0.497 e. The Hall–Kier alpha value is -4.18. The second-order valence-corrected chi connectivity index (χ2v) is 13.5. The zero-order valence-electron chi connectivity index (χ0n) is 28.4. The molecular formula is C38H43Cl2N5O4. The SMILES string of the molecule is COc1ccc(C(=O)N(C)CC(CCN2CCC(Nc3nc4ccccc4n3Cc3ccc(C)o3)CC2)c2ccc(Cl)c(Cl)c2)c(OC)c1. The van der Waals surface area contributed by atoms with Gasteiger partial charge in [0.05, 0.1) is 47.4 Å². The lowest BCUT2D eigenvalue weighted by atomic mass is 9.94. The number of carbonyl (C=O) groups excluding carboxylic acids is 1. The third-order valence-electron chi connectivity index (χ3n) is 9.37. The molecule has 1 aliphatic rings. The van der Waals surface area contributed by atoms with Gasteiger partial charge in [0.15, 0.2) is 0 Å². The van der Waals surface area contributed by atoms with Crippen LogP contribution in [-0.4, -0.2) is 78.7 Å². The Morgan fingerprint density at radius 1 is 1.02 bits per heavy atom. The smallest absolute Gasteiger partial charge is 0.257 e. The molecule has 0 saturated carbocycles. The number of fused-ring (bicyclic) bond motifs is 1. The van der Waals surface area contributed by atoms with Crippen LogP contribution in [0.1, 0.15) is 52.6 Å². The number of hydrogen-bond acceptors (Lipinski definition) is 7. The first-order valence-corrected chi connectivity index (χ1v) is 17.4. The van der Waals surface area contributed by atoms with E-state index in [4.69, 9.17) is 42.1 Å². The molecule has 0 radical (unpaired) electrons. The number of furan rings is 1. The average Bonchev–Trinajstić information content (AvgIpc) is 3.69. The fourth-order valence-corrected chi connectivity index (χ4v) is 6.92. The van der Waals surface area contributed by atoms with Crippen LogP contribution in [0.2, 0.25) is 10.0 Å². The predicted molar refractivity (Wildman–Crippen MR) is 196 cm³/mol. The molecule has 1 N–H and O–H groups in total. The maximum absolute atomic E-state index is 13.6. The molecule has 3 heterocycles. The topological polar surface area (TPSA) is 85.0 Å². The summed E-state index contributed by atoms with van der Waals surface area (Å²) in [5, 5.41) is 4.78. The van der Waals surface area contributed by atoms with Gasteiger partial charge in [0.2, 0.25) is 5.95 Å². The molecule has 1 atom stereocenters. The molecule has 1 fully saturated rings. The zero-order chi connectivity index (χ0) is 34.5. The van der Waals surface area contributed by atoms with Crippen molar-refractivity contribution in [2.75, 3.05) is 52.8 Å². The highest BCUT2D eigenvalue weighted by atomic mass is 35.5. The maximum atomic E-state index is 13.6. The molecule has 9 nitrogen and oxygen atoms in total. The molecule has 258 valence electrons. The van der Waals surface area contributed by atoms with E-state index in [0.717, 1.165) is 73.0 Å². The van der Waals surface area contributed by atoms with Crippen molar-refractivity contribution in [3.63, 3.8) is 0 Å². The highest BCUT2D eigenvalue weighted by Crippen LogP contribution is 2.31. The Morgan fingerprint density at radius 2 is 1.82 bits per heavy atom. The number of carbonyl (C=O) groups is 1. The van der Waals surface area contributed by atoms with Crippen molar-refractivity contribution >= 4 is 46.1 Å². The Labute approximate surface area is 297 Å². The number of aryl methyl sites for hydroxylation is 1. The van der Waals surface area contributed by atoms with Gasteiger partial charge in [-0.3, -0.25) is 4.79 Å². The third kappa shape index (κ3) is 8.18. The van der Waals surface area contributed by atoms with Crippen LogP contribution in [0.4, 0.5) is 5.95 Å². The first-order chi connectivity index (χ1) is 23.7. The fraction of sp³-hybridized carbons (Fsp3) is 0.368. The van der Waals surface area contributed by atoms with Crippen LogP contribution in [0.5, 0.6) is 11.5 Å². The van der Waals surface area contributed by atoms with E-state index in [-0.39, 0.29) is 11.8 Å². The molecule has 2 aromatic heterocycles. The maximum Gasteiger partial charge on any atom is 0.257 e. The van der Waals surface area contributed by atoms with Gasteiger partial charge in [-0.2, -0.15) is 0 Å². The molecule has 3 aromatic carbocycles. The van der Waals surface area contributed by atoms with Crippen molar-refractivity contribution in [1.82, 2.24) is 19.4 Å². The minimum Gasteiger partial charge on any atom is -0.497 e. The molecule has 11 heteroatoms. The summed E-state index contributed by atoms with van der Waals surface area (Å²) in [7, 11) is 4.97. The van der Waals surface area contributed by atoms with E-state index in [1.807, 2.05) is 56.4 Å². The molecule has 1 amide bonds. The van der Waals surface area contributed by atoms with E-state index in [0.29, 0.717) is 46.2 Å². The standard InChI is InChI=1S/C38H43Cl2N5O4/c1-25-9-11-30(49-25)24-45-35-8-6-5-7-34(35)42-38(45)41-28-16-19-44(20-17-28)18-15-27(26-10-14-32(39)33(40)21-26)23-43(2)37(46)31-13-12-29(47-3)22-36(31)48-4/h5-14,21-22,27-28H,15-20,23-24H2,1-4H3,(H,41,42). The minimum atomic E-state index is -0.121. The summed E-state index contributed by atoms with van der Waals surface area (Å²) in [6, 6.07) is 23.6. The summed E-state index contributed by atoms with van der Waals surface area (Å²) >= 11 is 12.7. The Kier molecular flexibility index (Phi) is 11.0. The summed E-state index contributed by atoms with van der Waals surface area (Å²) in [6.45, 7) is 5.90. The van der Waals surface area contributed by atoms with E-state index >= 15 is 0 Å². The molecule has 0 spiro atoms. The van der Waals surface area contributed by atoms with Gasteiger partial charge in [0.25, 0.3) is 5.91 Å². The molecule has 0 bridgehead atoms. The van der Waals surface area contributed by atoms with Crippen LogP contribution in [0.3, 0.4) is 0 Å². The lowest BCUT2D eigenvalue weighted by Gasteiger charge is -2.34. The van der Waals surface area contributed by atoms with Gasteiger partial charge in [0, 0.05) is 44.7 Å². The second kappa shape index (κ2) is 15.6. The van der Waals surface area contributed by atoms with Gasteiger partial charge in [-0.05, 0) is 86.8 Å². The fourth-order valence-electron chi connectivity index (χ4n) is 6.62. The van der Waals surface area contributed by atoms with Crippen LogP contribution in [0.15, 0.2) is 77.2 Å². The number of rotatable bonds is 13. The van der Waals surface area contributed by atoms with E-state index in [1.54, 1.807) is 37.3 Å². The van der Waals surface area contributed by atoms with Gasteiger partial charge < -0.3 is 33.6 Å². The summed E-state index contributed by atoms with van der Waals surface area (Å²) in [6.07, 6.45) is 2.85. The number of imidazole rings is 1. The van der Waals surface area contributed by atoms with Crippen molar-refractivity contribution in [3.05, 3.63) is 105 Å². The van der Waals surface area contributed by atoms with Gasteiger partial charge in [-0.25, -0.2) is 4.98 Å². The number of piperidine rings is 1. The van der Waals surface area contributed by atoms with Crippen molar-refractivity contribution in [2.24, 2.45) is 0 Å². The molecule has 1 saturated heterocycles. The highest BCUT2D eigenvalue weighted by molar-refractivity contribution is 6.42. The number of nitrogens with zero attached hydrogens (tertiary/aromatic N) is 4. The van der Waals surface area contributed by atoms with Crippen molar-refractivity contribution in [3.8, 4) is 11.5 Å². The Balaban J connectivity index is 1.10. The molecule has 0 aliphatic carbocycles. The van der Waals surface area contributed by atoms with Crippen molar-refractivity contribution in [2.45, 2.75) is 44.7 Å². The average molecular weight is 705 g/mol. The molecular weight excluding hydrogens is 661 g/mol. The Morgan fingerprint density at radius 3 is 2.53 bits per heavy atom. The second-order valence-electron chi connectivity index (χ2n) is 12.7. The number of aromatic nitrogens is 2. The number of methoxy groups -OCH3 is 2. The summed E-state index contributed by atoms with van der Waals surface area (Å²) in [4.78, 5) is 22.8. The Bertz CT molecular complexity index is 1900. The third-order valence-corrected chi connectivity index (χ3v) is 10.1. The van der Waals surface area contributed by atoms with Gasteiger partial charge >= 0.3 is 0 Å². The van der Waals surface area contributed by atoms with E-state index in [2.05, 4.69) is 26.9 Å². The van der Waals surface area contributed by atoms with E-state index in [1.165, 1.54) is 0 Å². The monoisotopic (exact) mass is 703 g/mol. The number of likely N-dealkylation sites (N-methyl/N-ethyl adjacent to an activating group) is 1. The summed E-state index contributed by atoms with van der Waals surface area (Å²) in [5.41, 5.74) is 3.59. The van der Waals surface area contributed by atoms with Crippen LogP contribution < -0.4 is 14.8 Å². The number of amides is 1. The molecule has 5 aromatic rings. The molecule has 6 rings (SSSR count). The van der Waals surface area contributed by atoms with Crippen LogP contribution >= 0.6 is 23.2 Å². The highest BCUT2D eigenvalue weighted by Gasteiger charge is 2.25. The number of nitrogens with one attached hydrogen (secondary N) is 1. The van der Waals surface area contributed by atoms with Gasteiger partial charge in [-0.15, -0.1) is 0 Å². The number of halogens is 2. The number of benzene rings is 3. The van der Waals surface area contributed by atoms with E-state index in [9.17, 15) is 4.79 Å². The number of hydrogen-bond donors (Lipinski definition) is 1. The summed E-state index contributed by atoms with van der Waals surface area (Å²) < 4.78 is 18.9. The van der Waals surface area contributed by atoms with E-state index < -0.39 is 0 Å². The first-order valence-electron chi connectivity index (χ1n) is 16.6. The first kappa shape index (κ1) is 34.7. The molecule has 49 heavy (non-hydrogen) atoms. The minimum absolute atomic E-state index is 0.0500. The lowest BCUT2D eigenvalue weighted by molar-refractivity contribution is 0.0778. The summed E-state index contributed by atoms with van der Waals surface area (Å²) in [5.74, 6) is 3.72. The predicted octanol–water partition coefficient (Wildman–Crippen LogP) is 8.13. The van der Waals surface area contributed by atoms with Crippen molar-refractivity contribution in [1.29, 1.82) is 0 Å². The van der Waals surface area contributed by atoms with Crippen LogP contribution in [0.25, 0.3) is 11.0 Å². The number of ether oxygens (including phenoxy) is 2. The normalized spacial score (nSPS) is 14.6. The lowest BCUT2D eigenvalue weighted by Crippen LogP contribution is -2.40. The quantitative estimate of drug-likeness (QED) is 0.133.